The monoisotopic (exact) mass is 111 g/mol. The summed E-state index contributed by atoms with van der Waals surface area (Å²) >= 11 is 0. The van der Waals surface area contributed by atoms with Gasteiger partial charge in [0, 0.05) is 7.05 Å². The van der Waals surface area contributed by atoms with Gasteiger partial charge in [0.25, 0.3) is 0 Å². The van der Waals surface area contributed by atoms with E-state index in [0.717, 1.165) is 0 Å². The molecule has 0 aromatic carbocycles. The molecule has 0 saturated carbocycles. The molecule has 0 aliphatic rings. The molecule has 0 amide bonds. The first kappa shape index (κ1) is 5.78. The average molecular weight is 111 g/mol. The van der Waals surface area contributed by atoms with Gasteiger partial charge in [0.2, 0.25) is 0 Å². The van der Waals surface area contributed by atoms with Crippen molar-refractivity contribution in [1.29, 1.82) is 0 Å². The zero-order valence-corrected chi connectivity index (χ0v) is 5.14. The zero-order chi connectivity index (χ0) is 4.12. The highest BCUT2D eigenvalue weighted by Crippen LogP contribution is 2.17. The molecule has 2 unspecified atom stereocenters. The van der Waals surface area contributed by atoms with E-state index in [9.17, 15) is 0 Å². The molecule has 5 heavy (non-hydrogen) atoms. The SMILES string of the molecule is CNOPP. The summed E-state index contributed by atoms with van der Waals surface area (Å²) in [5.74, 6) is 0. The third-order valence-corrected chi connectivity index (χ3v) is 0.837. The fourth-order valence-corrected chi connectivity index (χ4v) is 0.530. The van der Waals surface area contributed by atoms with Gasteiger partial charge in [-0.1, -0.05) is 8.93 Å². The third-order valence-electron chi connectivity index (χ3n) is 0.161. The lowest BCUT2D eigenvalue weighted by molar-refractivity contribution is 0.267. The average Bonchev–Trinajstić information content (AvgIpc) is 1.41. The van der Waals surface area contributed by atoms with Crippen molar-refractivity contribution in [3.8, 4) is 0 Å². The van der Waals surface area contributed by atoms with Crippen LogP contribution in [0, 0.1) is 0 Å². The predicted molar refractivity (Wildman–Crippen MR) is 28.2 cm³/mol. The zero-order valence-electron chi connectivity index (χ0n) is 2.99. The van der Waals surface area contributed by atoms with Crippen molar-refractivity contribution in [3.05, 3.63) is 0 Å². The van der Waals surface area contributed by atoms with Crippen LogP contribution in [0.3, 0.4) is 0 Å². The molecular weight excluding hydrogens is 104 g/mol. The van der Waals surface area contributed by atoms with Gasteiger partial charge in [-0.2, -0.15) is 0 Å². The van der Waals surface area contributed by atoms with Gasteiger partial charge in [0.05, 0.1) is 8.50 Å². The van der Waals surface area contributed by atoms with E-state index >= 15 is 0 Å². The minimum absolute atomic E-state index is 0.463. The van der Waals surface area contributed by atoms with E-state index in [-0.39, 0.29) is 0 Å². The summed E-state index contributed by atoms with van der Waals surface area (Å²) in [6, 6.07) is 0. The van der Waals surface area contributed by atoms with Gasteiger partial charge in [0.1, 0.15) is 0 Å². The molecule has 0 bridgehead atoms. The highest BCUT2D eigenvalue weighted by atomic mass is 32.0. The third kappa shape index (κ3) is 4.78. The maximum Gasteiger partial charge on any atom is 0.0579 e. The summed E-state index contributed by atoms with van der Waals surface area (Å²) < 4.78 is 4.57. The van der Waals surface area contributed by atoms with Gasteiger partial charge in [0.15, 0.2) is 0 Å². The van der Waals surface area contributed by atoms with Crippen molar-refractivity contribution < 1.29 is 4.62 Å². The number of rotatable bonds is 2. The Morgan fingerprint density at radius 1 is 2.00 bits per heavy atom. The maximum absolute atomic E-state index is 4.57. The second-order valence-electron chi connectivity index (χ2n) is 0.424. The number of hydrogen-bond acceptors (Lipinski definition) is 2. The first-order valence-electron chi connectivity index (χ1n) is 1.20. The van der Waals surface area contributed by atoms with Crippen molar-refractivity contribution in [2.45, 2.75) is 0 Å². The van der Waals surface area contributed by atoms with Crippen molar-refractivity contribution in [1.82, 2.24) is 5.48 Å². The first-order chi connectivity index (χ1) is 2.41. The summed E-state index contributed by atoms with van der Waals surface area (Å²) in [6.45, 7) is 0. The Hall–Kier alpha value is 0.780. The molecule has 32 valence electrons. The van der Waals surface area contributed by atoms with E-state index in [1.54, 1.807) is 7.05 Å². The van der Waals surface area contributed by atoms with Gasteiger partial charge in [-0.15, -0.1) is 0 Å². The predicted octanol–water partition coefficient (Wildman–Crippen LogP) is 0.521. The van der Waals surface area contributed by atoms with Crippen LogP contribution in [0.5, 0.6) is 0 Å². The van der Waals surface area contributed by atoms with E-state index in [4.69, 9.17) is 0 Å². The summed E-state index contributed by atoms with van der Waals surface area (Å²) in [5, 5.41) is 0. The summed E-state index contributed by atoms with van der Waals surface area (Å²) in [4.78, 5) is 0. The molecule has 0 aromatic rings. The molecule has 1 N–H and O–H groups in total. The van der Waals surface area contributed by atoms with Crippen molar-refractivity contribution in [2.75, 3.05) is 7.05 Å². The van der Waals surface area contributed by atoms with Crippen LogP contribution >= 0.6 is 17.4 Å². The molecule has 0 spiro atoms. The van der Waals surface area contributed by atoms with Crippen LogP contribution in [0.25, 0.3) is 0 Å². The summed E-state index contributed by atoms with van der Waals surface area (Å²) in [7, 11) is 4.64. The Kier molecular flexibility index (Phi) is 5.53. The van der Waals surface area contributed by atoms with Crippen LogP contribution in [0.1, 0.15) is 0 Å². The van der Waals surface area contributed by atoms with Crippen molar-refractivity contribution in [2.24, 2.45) is 0 Å². The molecule has 0 fully saturated rings. The Morgan fingerprint density at radius 2 is 2.60 bits per heavy atom. The molecule has 2 nitrogen and oxygen atoms in total. The molecule has 0 radical (unpaired) electrons. The molecule has 4 heteroatoms. The first-order valence-corrected chi connectivity index (χ1v) is 3.91. The quantitative estimate of drug-likeness (QED) is 0.414. The van der Waals surface area contributed by atoms with Crippen molar-refractivity contribution in [3.63, 3.8) is 0 Å². The molecule has 0 heterocycles. The Morgan fingerprint density at radius 3 is 2.60 bits per heavy atom. The summed E-state index contributed by atoms with van der Waals surface area (Å²) in [6.07, 6.45) is 0. The number of hydrogen-bond donors (Lipinski definition) is 1. The fourth-order valence-electron chi connectivity index (χ4n) is 0.0589. The highest BCUT2D eigenvalue weighted by Gasteiger charge is 1.61. The van der Waals surface area contributed by atoms with Crippen molar-refractivity contribution >= 4 is 17.4 Å². The second kappa shape index (κ2) is 4.78. The van der Waals surface area contributed by atoms with E-state index in [2.05, 4.69) is 19.0 Å². The van der Waals surface area contributed by atoms with Gasteiger partial charge < -0.3 is 0 Å². The van der Waals surface area contributed by atoms with Crippen LogP contribution in [0.2, 0.25) is 0 Å². The lowest BCUT2D eigenvalue weighted by Gasteiger charge is -1.88. The van der Waals surface area contributed by atoms with Crippen LogP contribution in [0.15, 0.2) is 0 Å². The van der Waals surface area contributed by atoms with Gasteiger partial charge in [-0.3, -0.25) is 4.62 Å². The largest absolute Gasteiger partial charge is 0.280 e. The molecule has 0 rings (SSSR count). The van der Waals surface area contributed by atoms with E-state index in [1.807, 2.05) is 0 Å². The second-order valence-corrected chi connectivity index (χ2v) is 1.57. The molecular formula is CH7NOP2. The lowest BCUT2D eigenvalue weighted by Crippen LogP contribution is -1.96. The van der Waals surface area contributed by atoms with Crippen LogP contribution in [-0.2, 0) is 4.62 Å². The van der Waals surface area contributed by atoms with E-state index < -0.39 is 0 Å². The van der Waals surface area contributed by atoms with Gasteiger partial charge >= 0.3 is 0 Å². The Bertz CT molecular complexity index is 17.1. The molecule has 0 aromatic heterocycles. The lowest BCUT2D eigenvalue weighted by atomic mass is 11.6. The van der Waals surface area contributed by atoms with E-state index in [0.29, 0.717) is 8.50 Å². The Labute approximate surface area is 35.6 Å². The highest BCUT2D eigenvalue weighted by molar-refractivity contribution is 8.00. The Balaban J connectivity index is 2.19. The maximum atomic E-state index is 4.57. The smallest absolute Gasteiger partial charge is 0.0579 e. The molecule has 0 saturated heterocycles. The minimum Gasteiger partial charge on any atom is -0.280 e. The topological polar surface area (TPSA) is 21.3 Å². The van der Waals surface area contributed by atoms with E-state index in [1.165, 1.54) is 0 Å². The normalized spacial score (nSPS) is 10.8. The van der Waals surface area contributed by atoms with Crippen LogP contribution in [-0.4, -0.2) is 7.05 Å². The molecule has 0 aliphatic heterocycles. The van der Waals surface area contributed by atoms with Crippen LogP contribution in [0.4, 0.5) is 0 Å². The molecule has 0 aliphatic carbocycles. The minimum atomic E-state index is 0.463. The van der Waals surface area contributed by atoms with Gasteiger partial charge in [-0.25, -0.2) is 5.48 Å². The fraction of sp³-hybridized carbons (Fsp3) is 1.00. The number of hydroxylamine groups is 1. The number of nitrogens with one attached hydrogen (secondary N) is 1. The molecule has 2 atom stereocenters. The van der Waals surface area contributed by atoms with Gasteiger partial charge in [-0.05, 0) is 0 Å². The summed E-state index contributed by atoms with van der Waals surface area (Å²) in [5.41, 5.74) is 2.51. The standard InChI is InChI=1S/CH7NOP2/c1-2-3-5-4/h2,5H,4H2,1H3. The van der Waals surface area contributed by atoms with Crippen LogP contribution < -0.4 is 5.48 Å².